The molecule has 2 N–H and O–H groups in total. The van der Waals surface area contributed by atoms with Crippen molar-refractivity contribution in [1.82, 2.24) is 19.9 Å². The van der Waals surface area contributed by atoms with Gasteiger partial charge in [0, 0.05) is 29.3 Å². The minimum atomic E-state index is -0.319. The molecule has 1 atom stereocenters. The van der Waals surface area contributed by atoms with Crippen molar-refractivity contribution in [3.8, 4) is 0 Å². The summed E-state index contributed by atoms with van der Waals surface area (Å²) in [6.45, 7) is 3.31. The largest absolute Gasteiger partial charge is 0.367 e. The van der Waals surface area contributed by atoms with Gasteiger partial charge in [-0.25, -0.2) is 9.37 Å². The van der Waals surface area contributed by atoms with Gasteiger partial charge in [-0.15, -0.1) is 0 Å². The van der Waals surface area contributed by atoms with Gasteiger partial charge in [0.25, 0.3) is 5.91 Å². The van der Waals surface area contributed by atoms with E-state index in [0.29, 0.717) is 30.8 Å². The third kappa shape index (κ3) is 2.67. The van der Waals surface area contributed by atoms with Crippen LogP contribution in [-0.4, -0.2) is 45.5 Å². The van der Waals surface area contributed by atoms with Crippen molar-refractivity contribution >= 4 is 16.8 Å². The van der Waals surface area contributed by atoms with Crippen molar-refractivity contribution in [3.63, 3.8) is 0 Å². The van der Waals surface area contributed by atoms with Gasteiger partial charge in [0.05, 0.1) is 13.2 Å². The van der Waals surface area contributed by atoms with E-state index in [0.717, 1.165) is 17.0 Å². The van der Waals surface area contributed by atoms with Crippen molar-refractivity contribution in [2.45, 2.75) is 13.0 Å². The molecular weight excluding hydrogens is 311 g/mol. The molecule has 3 heterocycles. The predicted molar refractivity (Wildman–Crippen MR) is 86.2 cm³/mol. The van der Waals surface area contributed by atoms with Crippen molar-refractivity contribution in [3.05, 3.63) is 53.5 Å². The molecule has 0 aliphatic carbocycles. The van der Waals surface area contributed by atoms with Gasteiger partial charge in [-0.2, -0.15) is 0 Å². The summed E-state index contributed by atoms with van der Waals surface area (Å²) in [5.41, 5.74) is 2.15. The number of rotatable bonds is 2. The smallest absolute Gasteiger partial charge is 0.270 e. The summed E-state index contributed by atoms with van der Waals surface area (Å²) in [7, 11) is 0. The number of nitrogens with one attached hydrogen (secondary N) is 2. The molecule has 1 saturated heterocycles. The topological polar surface area (TPSA) is 74.0 Å². The van der Waals surface area contributed by atoms with Crippen LogP contribution in [-0.2, 0) is 4.74 Å². The highest BCUT2D eigenvalue weighted by Crippen LogP contribution is 2.23. The molecule has 4 rings (SSSR count). The zero-order valence-electron chi connectivity index (χ0n) is 13.2. The lowest BCUT2D eigenvalue weighted by Gasteiger charge is -2.31. The maximum absolute atomic E-state index is 13.3. The van der Waals surface area contributed by atoms with Crippen LogP contribution in [0, 0.1) is 12.7 Å². The minimum Gasteiger partial charge on any atom is -0.367 e. The molecule has 1 aromatic carbocycles. The number of aromatic amines is 2. The second kappa shape index (κ2) is 5.76. The molecular formula is C17H17FN4O2. The quantitative estimate of drug-likeness (QED) is 0.759. The first kappa shape index (κ1) is 14.9. The predicted octanol–water partition coefficient (Wildman–Crippen LogP) is 2.55. The summed E-state index contributed by atoms with van der Waals surface area (Å²) < 4.78 is 19.0. The van der Waals surface area contributed by atoms with Gasteiger partial charge < -0.3 is 19.6 Å². The van der Waals surface area contributed by atoms with Crippen molar-refractivity contribution in [1.29, 1.82) is 0 Å². The van der Waals surface area contributed by atoms with Crippen LogP contribution in [0.3, 0.4) is 0 Å². The number of halogens is 1. The Bertz CT molecular complexity index is 901. The van der Waals surface area contributed by atoms with Gasteiger partial charge in [0.1, 0.15) is 23.4 Å². The fraction of sp³-hybridized carbons (Fsp3) is 0.294. The van der Waals surface area contributed by atoms with Crippen molar-refractivity contribution in [2.24, 2.45) is 0 Å². The van der Waals surface area contributed by atoms with Gasteiger partial charge >= 0.3 is 0 Å². The first-order chi connectivity index (χ1) is 11.6. The summed E-state index contributed by atoms with van der Waals surface area (Å²) in [6.07, 6.45) is 1.48. The third-order valence-electron chi connectivity index (χ3n) is 4.19. The number of carbonyl (C=O) groups is 1. The fourth-order valence-electron chi connectivity index (χ4n) is 2.98. The van der Waals surface area contributed by atoms with E-state index in [-0.39, 0.29) is 17.8 Å². The van der Waals surface area contributed by atoms with Crippen LogP contribution >= 0.6 is 0 Å². The number of fused-ring (bicyclic) bond motifs is 1. The normalized spacial score (nSPS) is 18.2. The monoisotopic (exact) mass is 328 g/mol. The Morgan fingerprint density at radius 3 is 3.04 bits per heavy atom. The molecule has 1 unspecified atom stereocenters. The van der Waals surface area contributed by atoms with E-state index in [1.54, 1.807) is 23.2 Å². The van der Waals surface area contributed by atoms with Crippen molar-refractivity contribution < 1.29 is 13.9 Å². The number of hydrogen-bond donors (Lipinski definition) is 2. The van der Waals surface area contributed by atoms with E-state index < -0.39 is 0 Å². The van der Waals surface area contributed by atoms with Crippen LogP contribution in [0.15, 0.2) is 30.5 Å². The van der Waals surface area contributed by atoms with Crippen LogP contribution < -0.4 is 0 Å². The average Bonchev–Trinajstić information content (AvgIpc) is 3.20. The summed E-state index contributed by atoms with van der Waals surface area (Å²) in [4.78, 5) is 25.0. The summed E-state index contributed by atoms with van der Waals surface area (Å²) in [6, 6.07) is 6.10. The SMILES string of the molecule is Cc1cnc(C2CN(C(=O)c3cc4cc(F)ccc4[nH]3)CCO2)[nH]1. The number of H-pyrrole nitrogens is 2. The van der Waals surface area contributed by atoms with Crippen LogP contribution in [0.2, 0.25) is 0 Å². The van der Waals surface area contributed by atoms with Crippen LogP contribution in [0.5, 0.6) is 0 Å². The standard InChI is InChI=1S/C17H17FN4O2/c1-10-8-19-16(20-10)15-9-22(4-5-24-15)17(23)14-7-11-6-12(18)2-3-13(11)21-14/h2-3,6-8,15,21H,4-5,9H2,1H3,(H,19,20). The Hall–Kier alpha value is -2.67. The molecule has 1 amide bonds. The number of aromatic nitrogens is 3. The van der Waals surface area contributed by atoms with E-state index in [9.17, 15) is 9.18 Å². The minimum absolute atomic E-state index is 0.122. The second-order valence-electron chi connectivity index (χ2n) is 5.98. The Balaban J connectivity index is 1.56. The van der Waals surface area contributed by atoms with Crippen LogP contribution in [0.25, 0.3) is 10.9 Å². The zero-order valence-corrected chi connectivity index (χ0v) is 13.2. The number of morpholine rings is 1. The molecule has 24 heavy (non-hydrogen) atoms. The number of aryl methyl sites for hydroxylation is 1. The van der Waals surface area contributed by atoms with Gasteiger partial charge in [-0.05, 0) is 31.2 Å². The number of benzene rings is 1. The van der Waals surface area contributed by atoms with Gasteiger partial charge in [0.2, 0.25) is 0 Å². The summed E-state index contributed by atoms with van der Waals surface area (Å²) in [5.74, 6) is 0.284. The first-order valence-electron chi connectivity index (χ1n) is 7.81. The molecule has 1 aliphatic heterocycles. The molecule has 0 bridgehead atoms. The molecule has 0 saturated carbocycles. The summed E-state index contributed by atoms with van der Waals surface area (Å²) in [5, 5.41) is 0.685. The molecule has 2 aromatic heterocycles. The molecule has 0 radical (unpaired) electrons. The van der Waals surface area contributed by atoms with Gasteiger partial charge in [-0.1, -0.05) is 0 Å². The fourth-order valence-corrected chi connectivity index (χ4v) is 2.98. The molecule has 1 aliphatic rings. The van der Waals surface area contributed by atoms with Gasteiger partial charge in [0.15, 0.2) is 0 Å². The summed E-state index contributed by atoms with van der Waals surface area (Å²) >= 11 is 0. The number of hydrogen-bond acceptors (Lipinski definition) is 3. The second-order valence-corrected chi connectivity index (χ2v) is 5.98. The number of imidazole rings is 1. The highest BCUT2D eigenvalue weighted by Gasteiger charge is 2.28. The van der Waals surface area contributed by atoms with E-state index in [1.807, 2.05) is 6.92 Å². The molecule has 7 heteroatoms. The van der Waals surface area contributed by atoms with Crippen LogP contribution in [0.4, 0.5) is 4.39 Å². The molecule has 0 spiro atoms. The Kier molecular flexibility index (Phi) is 3.57. The first-order valence-corrected chi connectivity index (χ1v) is 7.81. The maximum Gasteiger partial charge on any atom is 0.270 e. The van der Waals surface area contributed by atoms with Gasteiger partial charge in [-0.3, -0.25) is 4.79 Å². The average molecular weight is 328 g/mol. The molecule has 124 valence electrons. The highest BCUT2D eigenvalue weighted by molar-refractivity contribution is 5.98. The molecule has 3 aromatic rings. The van der Waals surface area contributed by atoms with E-state index in [2.05, 4.69) is 15.0 Å². The molecule has 1 fully saturated rings. The number of nitrogens with zero attached hydrogens (tertiary/aromatic N) is 2. The lowest BCUT2D eigenvalue weighted by molar-refractivity contribution is -0.0266. The van der Waals surface area contributed by atoms with E-state index in [1.165, 1.54) is 12.1 Å². The van der Waals surface area contributed by atoms with Crippen LogP contribution in [0.1, 0.15) is 28.1 Å². The number of amides is 1. The Labute approximate surface area is 137 Å². The Morgan fingerprint density at radius 1 is 1.38 bits per heavy atom. The lowest BCUT2D eigenvalue weighted by atomic mass is 10.2. The Morgan fingerprint density at radius 2 is 2.25 bits per heavy atom. The number of ether oxygens (including phenoxy) is 1. The zero-order chi connectivity index (χ0) is 16.7. The third-order valence-corrected chi connectivity index (χ3v) is 4.19. The number of carbonyl (C=O) groups excluding carboxylic acids is 1. The lowest BCUT2D eigenvalue weighted by Crippen LogP contribution is -2.42. The van der Waals surface area contributed by atoms with Crippen molar-refractivity contribution in [2.75, 3.05) is 19.7 Å². The van der Waals surface area contributed by atoms with E-state index in [4.69, 9.17) is 4.74 Å². The van der Waals surface area contributed by atoms with E-state index >= 15 is 0 Å². The maximum atomic E-state index is 13.3. The molecule has 6 nitrogen and oxygen atoms in total. The highest BCUT2D eigenvalue weighted by atomic mass is 19.1.